The van der Waals surface area contributed by atoms with Crippen LogP contribution in [0.5, 0.6) is 5.75 Å². The Morgan fingerprint density at radius 3 is 2.75 bits per heavy atom. The molecule has 3 N–H and O–H groups in total. The predicted molar refractivity (Wildman–Crippen MR) is 96.8 cm³/mol. The molecule has 1 heterocycles. The number of hydrogen-bond donors (Lipinski definition) is 3. The summed E-state index contributed by atoms with van der Waals surface area (Å²) in [6, 6.07) is 6.56. The van der Waals surface area contributed by atoms with E-state index >= 15 is 0 Å². The van der Waals surface area contributed by atoms with Gasteiger partial charge in [-0.15, -0.1) is 0 Å². The lowest BCUT2D eigenvalue weighted by Crippen LogP contribution is -2.44. The predicted octanol–water partition coefficient (Wildman–Crippen LogP) is 1.99. The third-order valence-electron chi connectivity index (χ3n) is 4.37. The molecule has 0 aliphatic rings. The highest BCUT2D eigenvalue weighted by molar-refractivity contribution is 6.04. The number of fused-ring (bicyclic) bond motifs is 1. The van der Waals surface area contributed by atoms with Crippen LogP contribution in [0.2, 0.25) is 0 Å². The van der Waals surface area contributed by atoms with Crippen molar-refractivity contribution < 1.29 is 29.0 Å². The summed E-state index contributed by atoms with van der Waals surface area (Å²) in [6.45, 7) is 0. The highest BCUT2D eigenvalue weighted by Gasteiger charge is 2.31. The molecule has 1 amide bonds. The highest BCUT2D eigenvalue weighted by atomic mass is 19.1. The molecule has 3 aromatic rings. The van der Waals surface area contributed by atoms with E-state index in [2.05, 4.69) is 9.97 Å². The Labute approximate surface area is 158 Å². The van der Waals surface area contributed by atoms with Crippen molar-refractivity contribution in [1.29, 1.82) is 0 Å². The van der Waals surface area contributed by atoms with Crippen molar-refractivity contribution in [2.45, 2.75) is 12.5 Å². The van der Waals surface area contributed by atoms with Gasteiger partial charge in [0.2, 0.25) is 0 Å². The van der Waals surface area contributed by atoms with Crippen LogP contribution in [0.1, 0.15) is 26.5 Å². The molecule has 8 nitrogen and oxygen atoms in total. The van der Waals surface area contributed by atoms with Gasteiger partial charge < -0.3 is 20.1 Å². The van der Waals surface area contributed by atoms with Gasteiger partial charge in [-0.25, -0.2) is 14.2 Å². The third kappa shape index (κ3) is 3.54. The second-order valence-electron chi connectivity index (χ2n) is 6.18. The maximum Gasteiger partial charge on any atom is 0.326 e. The number of aromatic nitrogens is 2. The van der Waals surface area contributed by atoms with Crippen molar-refractivity contribution >= 4 is 29.2 Å². The molecular formula is C19H16FN3O5. The summed E-state index contributed by atoms with van der Waals surface area (Å²) < 4.78 is 13.3. The van der Waals surface area contributed by atoms with Crippen LogP contribution >= 0.6 is 0 Å². The van der Waals surface area contributed by atoms with Crippen molar-refractivity contribution in [2.24, 2.45) is 0 Å². The molecule has 28 heavy (non-hydrogen) atoms. The van der Waals surface area contributed by atoms with Gasteiger partial charge in [0.1, 0.15) is 23.4 Å². The molecule has 1 atom stereocenters. The Morgan fingerprint density at radius 2 is 2.07 bits per heavy atom. The zero-order chi connectivity index (χ0) is 20.4. The first-order chi connectivity index (χ1) is 13.3. The maximum atomic E-state index is 13.3. The van der Waals surface area contributed by atoms with Gasteiger partial charge >= 0.3 is 5.97 Å². The van der Waals surface area contributed by atoms with Crippen LogP contribution in [-0.2, 0) is 11.2 Å². The number of carbonyl (C=O) groups is 3. The molecule has 0 radical (unpaired) electrons. The lowest BCUT2D eigenvalue weighted by atomic mass is 10.0. The van der Waals surface area contributed by atoms with E-state index in [-0.39, 0.29) is 23.4 Å². The Balaban J connectivity index is 1.92. The number of phenolic OH excluding ortho intramolecular Hbond substituents is 1. The van der Waals surface area contributed by atoms with Gasteiger partial charge in [-0.05, 0) is 24.3 Å². The van der Waals surface area contributed by atoms with Gasteiger partial charge in [-0.3, -0.25) is 9.59 Å². The van der Waals surface area contributed by atoms with Crippen LogP contribution in [0.15, 0.2) is 36.4 Å². The molecule has 1 aromatic heterocycles. The summed E-state index contributed by atoms with van der Waals surface area (Å²) in [5.74, 6) is -2.77. The molecule has 2 aromatic carbocycles. The molecule has 0 spiro atoms. The average Bonchev–Trinajstić information content (AvgIpc) is 3.06. The number of hydrogen-bond acceptors (Lipinski definition) is 5. The van der Waals surface area contributed by atoms with E-state index in [1.54, 1.807) is 0 Å². The first-order valence-electron chi connectivity index (χ1n) is 8.23. The lowest BCUT2D eigenvalue weighted by Gasteiger charge is -2.25. The number of carboxylic acid groups (broad SMARTS) is 1. The van der Waals surface area contributed by atoms with Gasteiger partial charge in [-0.1, -0.05) is 12.1 Å². The van der Waals surface area contributed by atoms with Gasteiger partial charge in [0, 0.05) is 19.0 Å². The summed E-state index contributed by atoms with van der Waals surface area (Å²) in [7, 11) is 1.25. The molecule has 0 bridgehead atoms. The van der Waals surface area contributed by atoms with E-state index < -0.39 is 29.5 Å². The summed E-state index contributed by atoms with van der Waals surface area (Å²) in [4.78, 5) is 43.7. The van der Waals surface area contributed by atoms with Crippen LogP contribution in [-0.4, -0.2) is 56.3 Å². The Morgan fingerprint density at radius 1 is 1.32 bits per heavy atom. The maximum absolute atomic E-state index is 13.3. The van der Waals surface area contributed by atoms with Crippen LogP contribution in [0, 0.1) is 5.82 Å². The highest BCUT2D eigenvalue weighted by Crippen LogP contribution is 2.23. The fourth-order valence-corrected chi connectivity index (χ4v) is 2.91. The zero-order valence-electron chi connectivity index (χ0n) is 14.7. The van der Waals surface area contributed by atoms with Crippen LogP contribution in [0.3, 0.4) is 0 Å². The Kier molecular flexibility index (Phi) is 5.08. The number of halogens is 1. The average molecular weight is 385 g/mol. The summed E-state index contributed by atoms with van der Waals surface area (Å²) in [6.07, 6.45) is 0.224. The van der Waals surface area contributed by atoms with E-state index in [1.807, 2.05) is 0 Å². The number of likely N-dealkylation sites (N-methyl/N-ethyl adjacent to an activating group) is 1. The van der Waals surface area contributed by atoms with E-state index in [1.165, 1.54) is 43.4 Å². The van der Waals surface area contributed by atoms with Gasteiger partial charge in [0.05, 0.1) is 16.6 Å². The topological polar surface area (TPSA) is 124 Å². The number of aromatic hydroxyl groups is 1. The Bertz CT molecular complexity index is 1080. The molecule has 0 fully saturated rings. The smallest absolute Gasteiger partial charge is 0.326 e. The lowest BCUT2D eigenvalue weighted by molar-refractivity contribution is -0.142. The van der Waals surface area contributed by atoms with E-state index in [0.29, 0.717) is 17.3 Å². The van der Waals surface area contributed by atoms with Crippen molar-refractivity contribution in [2.75, 3.05) is 7.05 Å². The largest absolute Gasteiger partial charge is 0.507 e. The SMILES string of the molecule is CN(C(=O)c1c(O)cccc1C=O)C(Cc1nc2ccc(F)cc2[nH]1)C(=O)O. The minimum absolute atomic E-state index is 0.0554. The number of carboxylic acids is 1. The molecule has 9 heteroatoms. The van der Waals surface area contributed by atoms with Crippen molar-refractivity contribution in [3.8, 4) is 5.75 Å². The normalized spacial score (nSPS) is 11.9. The summed E-state index contributed by atoms with van der Waals surface area (Å²) in [5.41, 5.74) is 0.522. The number of aliphatic carboxylic acids is 1. The molecule has 0 saturated heterocycles. The van der Waals surface area contributed by atoms with Crippen LogP contribution < -0.4 is 0 Å². The first-order valence-corrected chi connectivity index (χ1v) is 8.23. The number of benzene rings is 2. The first kappa shape index (κ1) is 19.0. The van der Waals surface area contributed by atoms with E-state index in [9.17, 15) is 29.0 Å². The van der Waals surface area contributed by atoms with Crippen molar-refractivity contribution in [3.05, 3.63) is 59.2 Å². The number of nitrogens with zero attached hydrogens (tertiary/aromatic N) is 2. The third-order valence-corrected chi connectivity index (χ3v) is 4.37. The standard InChI is InChI=1S/C19H16FN3O5/c1-23(18(26)17-10(9-24)3-2-4-15(17)25)14(19(27)28)8-16-21-12-6-5-11(20)7-13(12)22-16/h2-7,9,14,25H,8H2,1H3,(H,21,22)(H,27,28). The number of amides is 1. The number of carbonyl (C=O) groups excluding carboxylic acids is 2. The summed E-state index contributed by atoms with van der Waals surface area (Å²) in [5, 5.41) is 19.6. The molecule has 0 aliphatic carbocycles. The zero-order valence-corrected chi connectivity index (χ0v) is 14.7. The minimum atomic E-state index is -1.34. The molecule has 3 rings (SSSR count). The van der Waals surface area contributed by atoms with Gasteiger partial charge in [-0.2, -0.15) is 0 Å². The van der Waals surface area contributed by atoms with E-state index in [0.717, 1.165) is 4.90 Å². The second kappa shape index (κ2) is 7.47. The quantitative estimate of drug-likeness (QED) is 0.558. The molecule has 1 unspecified atom stereocenters. The number of imidazole rings is 1. The number of H-pyrrole nitrogens is 1. The second-order valence-corrected chi connectivity index (χ2v) is 6.18. The van der Waals surface area contributed by atoms with Crippen molar-refractivity contribution in [1.82, 2.24) is 14.9 Å². The van der Waals surface area contributed by atoms with Crippen LogP contribution in [0.25, 0.3) is 11.0 Å². The van der Waals surface area contributed by atoms with Gasteiger partial charge in [0.15, 0.2) is 6.29 Å². The molecular weight excluding hydrogens is 369 g/mol. The fourth-order valence-electron chi connectivity index (χ4n) is 2.91. The van der Waals surface area contributed by atoms with Crippen molar-refractivity contribution in [3.63, 3.8) is 0 Å². The van der Waals surface area contributed by atoms with Crippen LogP contribution in [0.4, 0.5) is 4.39 Å². The van der Waals surface area contributed by atoms with Gasteiger partial charge in [0.25, 0.3) is 5.91 Å². The Hall–Kier alpha value is -3.75. The minimum Gasteiger partial charge on any atom is -0.507 e. The number of aromatic amines is 1. The number of nitrogens with one attached hydrogen (secondary N) is 1. The number of phenols is 1. The molecule has 0 saturated carbocycles. The monoisotopic (exact) mass is 385 g/mol. The fraction of sp³-hybridized carbons (Fsp3) is 0.158. The number of rotatable bonds is 6. The molecule has 144 valence electrons. The summed E-state index contributed by atoms with van der Waals surface area (Å²) >= 11 is 0. The van der Waals surface area contributed by atoms with E-state index in [4.69, 9.17) is 0 Å². The number of aldehydes is 1. The molecule has 0 aliphatic heterocycles.